The zero-order valence-corrected chi connectivity index (χ0v) is 17.5. The summed E-state index contributed by atoms with van der Waals surface area (Å²) in [6.45, 7) is 5.34. The molecular formula is C24H25N5O2. The summed E-state index contributed by atoms with van der Waals surface area (Å²) in [7, 11) is 0. The number of amides is 2. The zero-order valence-electron chi connectivity index (χ0n) is 17.5. The number of urea groups is 1. The molecule has 2 amide bonds. The fourth-order valence-corrected chi connectivity index (χ4v) is 4.06. The van der Waals surface area contributed by atoms with E-state index in [0.29, 0.717) is 19.7 Å². The van der Waals surface area contributed by atoms with Crippen molar-refractivity contribution < 1.29 is 9.53 Å². The SMILES string of the molecule is CCOc1ccc(NC(=O)N2CCN(c3nc4ccccc4n4cccc34)CC2)cc1. The third-order valence-electron chi connectivity index (χ3n) is 5.63. The Morgan fingerprint density at radius 3 is 2.48 bits per heavy atom. The molecule has 0 bridgehead atoms. The highest BCUT2D eigenvalue weighted by Gasteiger charge is 2.24. The van der Waals surface area contributed by atoms with Gasteiger partial charge in [0.05, 0.1) is 23.2 Å². The van der Waals surface area contributed by atoms with Gasteiger partial charge in [0.25, 0.3) is 0 Å². The van der Waals surface area contributed by atoms with Crippen molar-refractivity contribution in [2.24, 2.45) is 0 Å². The first-order chi connectivity index (χ1) is 15.2. The minimum Gasteiger partial charge on any atom is -0.494 e. The average molecular weight is 415 g/mol. The third-order valence-corrected chi connectivity index (χ3v) is 5.63. The maximum Gasteiger partial charge on any atom is 0.321 e. The number of hydrogen-bond acceptors (Lipinski definition) is 4. The Kier molecular flexibility index (Phi) is 5.08. The minimum absolute atomic E-state index is 0.0805. The number of anilines is 2. The maximum atomic E-state index is 12.7. The van der Waals surface area contributed by atoms with Gasteiger partial charge in [-0.1, -0.05) is 12.1 Å². The molecule has 7 heteroatoms. The first-order valence-electron chi connectivity index (χ1n) is 10.6. The van der Waals surface area contributed by atoms with E-state index in [1.54, 1.807) is 0 Å². The lowest BCUT2D eigenvalue weighted by Gasteiger charge is -2.35. The molecular weight excluding hydrogens is 390 g/mol. The van der Waals surface area contributed by atoms with Gasteiger partial charge in [-0.2, -0.15) is 0 Å². The molecule has 31 heavy (non-hydrogen) atoms. The second kappa shape index (κ2) is 8.18. The van der Waals surface area contributed by atoms with Crippen LogP contribution in [0.15, 0.2) is 66.9 Å². The van der Waals surface area contributed by atoms with Crippen LogP contribution in [0.2, 0.25) is 0 Å². The van der Waals surface area contributed by atoms with Crippen LogP contribution in [-0.2, 0) is 0 Å². The number of carbonyl (C=O) groups is 1. The van der Waals surface area contributed by atoms with Gasteiger partial charge in [-0.05, 0) is 55.5 Å². The van der Waals surface area contributed by atoms with Gasteiger partial charge in [-0.3, -0.25) is 0 Å². The molecule has 4 aromatic rings. The van der Waals surface area contributed by atoms with Gasteiger partial charge >= 0.3 is 6.03 Å². The quantitative estimate of drug-likeness (QED) is 0.542. The summed E-state index contributed by atoms with van der Waals surface area (Å²) in [4.78, 5) is 21.8. The van der Waals surface area contributed by atoms with Crippen LogP contribution in [0.1, 0.15) is 6.92 Å². The summed E-state index contributed by atoms with van der Waals surface area (Å²) in [6.07, 6.45) is 2.07. The first-order valence-corrected chi connectivity index (χ1v) is 10.6. The van der Waals surface area contributed by atoms with E-state index in [9.17, 15) is 4.79 Å². The Labute approximate surface area is 180 Å². The molecule has 158 valence electrons. The third kappa shape index (κ3) is 3.74. The predicted molar refractivity (Wildman–Crippen MR) is 123 cm³/mol. The highest BCUT2D eigenvalue weighted by molar-refractivity contribution is 5.90. The van der Waals surface area contributed by atoms with Gasteiger partial charge in [-0.25, -0.2) is 9.78 Å². The van der Waals surface area contributed by atoms with Crippen molar-refractivity contribution >= 4 is 34.1 Å². The Bertz CT molecular complexity index is 1210. The van der Waals surface area contributed by atoms with Crippen LogP contribution >= 0.6 is 0 Å². The summed E-state index contributed by atoms with van der Waals surface area (Å²) < 4.78 is 7.63. The van der Waals surface area contributed by atoms with E-state index in [1.807, 2.05) is 60.4 Å². The lowest BCUT2D eigenvalue weighted by molar-refractivity contribution is 0.208. The molecule has 1 N–H and O–H groups in total. The Morgan fingerprint density at radius 2 is 1.71 bits per heavy atom. The fraction of sp³-hybridized carbons (Fsp3) is 0.250. The monoisotopic (exact) mass is 415 g/mol. The van der Waals surface area contributed by atoms with Gasteiger partial charge < -0.3 is 24.3 Å². The predicted octanol–water partition coefficient (Wildman–Crippen LogP) is 4.24. The molecule has 1 saturated heterocycles. The molecule has 7 nitrogen and oxygen atoms in total. The number of para-hydroxylation sites is 2. The number of aromatic nitrogens is 2. The number of carbonyl (C=O) groups excluding carboxylic acids is 1. The molecule has 0 radical (unpaired) electrons. The van der Waals surface area contributed by atoms with Crippen molar-refractivity contribution in [2.75, 3.05) is 43.0 Å². The molecule has 0 spiro atoms. The molecule has 0 aliphatic carbocycles. The topological polar surface area (TPSA) is 62.1 Å². The number of fused-ring (bicyclic) bond motifs is 3. The Morgan fingerprint density at radius 1 is 0.968 bits per heavy atom. The van der Waals surface area contributed by atoms with Crippen LogP contribution in [0.4, 0.5) is 16.3 Å². The number of benzene rings is 2. The van der Waals surface area contributed by atoms with Gasteiger partial charge in [0.1, 0.15) is 5.75 Å². The maximum absolute atomic E-state index is 12.7. The van der Waals surface area contributed by atoms with Crippen LogP contribution < -0.4 is 15.0 Å². The smallest absolute Gasteiger partial charge is 0.321 e. The lowest BCUT2D eigenvalue weighted by Crippen LogP contribution is -2.50. The van der Waals surface area contributed by atoms with E-state index < -0.39 is 0 Å². The lowest BCUT2D eigenvalue weighted by atomic mass is 10.2. The Hall–Kier alpha value is -3.74. The van der Waals surface area contributed by atoms with Gasteiger partial charge in [0, 0.05) is 38.1 Å². The molecule has 0 atom stereocenters. The number of rotatable bonds is 4. The van der Waals surface area contributed by atoms with E-state index in [0.717, 1.165) is 46.9 Å². The Balaban J connectivity index is 1.28. The van der Waals surface area contributed by atoms with Gasteiger partial charge in [-0.15, -0.1) is 0 Å². The number of nitrogens with one attached hydrogen (secondary N) is 1. The van der Waals surface area contributed by atoms with Crippen molar-refractivity contribution in [3.8, 4) is 5.75 Å². The van der Waals surface area contributed by atoms with Crippen LogP contribution in [0.3, 0.4) is 0 Å². The fourth-order valence-electron chi connectivity index (χ4n) is 4.06. The van der Waals surface area contributed by atoms with Crippen molar-refractivity contribution in [3.05, 3.63) is 66.9 Å². The van der Waals surface area contributed by atoms with Crippen LogP contribution in [0.25, 0.3) is 16.6 Å². The van der Waals surface area contributed by atoms with Crippen LogP contribution in [0, 0.1) is 0 Å². The number of hydrogen-bond donors (Lipinski definition) is 1. The van der Waals surface area contributed by atoms with E-state index in [-0.39, 0.29) is 6.03 Å². The minimum atomic E-state index is -0.0805. The van der Waals surface area contributed by atoms with Gasteiger partial charge in [0.2, 0.25) is 0 Å². The second-order valence-electron chi connectivity index (χ2n) is 7.55. The molecule has 1 aliphatic heterocycles. The molecule has 0 saturated carbocycles. The van der Waals surface area contributed by atoms with Gasteiger partial charge in [0.15, 0.2) is 5.82 Å². The van der Waals surface area contributed by atoms with Crippen molar-refractivity contribution in [1.29, 1.82) is 0 Å². The summed E-state index contributed by atoms with van der Waals surface area (Å²) >= 11 is 0. The molecule has 2 aromatic carbocycles. The number of ether oxygens (including phenoxy) is 1. The summed E-state index contributed by atoms with van der Waals surface area (Å²) in [5.41, 5.74) is 3.92. The van der Waals surface area contributed by atoms with Crippen molar-refractivity contribution in [3.63, 3.8) is 0 Å². The average Bonchev–Trinajstić information content (AvgIpc) is 3.30. The highest BCUT2D eigenvalue weighted by atomic mass is 16.5. The molecule has 3 heterocycles. The number of nitrogens with zero attached hydrogens (tertiary/aromatic N) is 4. The van der Waals surface area contributed by atoms with E-state index in [2.05, 4.69) is 32.9 Å². The zero-order chi connectivity index (χ0) is 21.2. The molecule has 1 fully saturated rings. The standard InChI is InChI=1S/C24H25N5O2/c1-2-31-19-11-9-18(10-12-19)25-24(30)28-16-14-27(15-17-28)23-22-8-5-13-29(22)21-7-4-3-6-20(21)26-23/h3-13H,2,14-17H2,1H3,(H,25,30). The molecule has 5 rings (SSSR count). The molecule has 2 aromatic heterocycles. The van der Waals surface area contributed by atoms with E-state index in [1.165, 1.54) is 0 Å². The molecule has 0 unspecified atom stereocenters. The summed E-state index contributed by atoms with van der Waals surface area (Å²) in [5, 5.41) is 2.98. The number of piperazine rings is 1. The second-order valence-corrected chi connectivity index (χ2v) is 7.55. The molecule has 1 aliphatic rings. The van der Waals surface area contributed by atoms with Crippen LogP contribution in [0.5, 0.6) is 5.75 Å². The van der Waals surface area contributed by atoms with E-state index in [4.69, 9.17) is 9.72 Å². The van der Waals surface area contributed by atoms with Crippen molar-refractivity contribution in [2.45, 2.75) is 6.92 Å². The largest absolute Gasteiger partial charge is 0.494 e. The highest BCUT2D eigenvalue weighted by Crippen LogP contribution is 2.26. The summed E-state index contributed by atoms with van der Waals surface area (Å²) in [6, 6.07) is 19.7. The van der Waals surface area contributed by atoms with Crippen molar-refractivity contribution in [1.82, 2.24) is 14.3 Å². The van der Waals surface area contributed by atoms with E-state index >= 15 is 0 Å². The normalized spacial score (nSPS) is 14.2. The van der Waals surface area contributed by atoms with Crippen LogP contribution in [-0.4, -0.2) is 53.1 Å². The summed E-state index contributed by atoms with van der Waals surface area (Å²) in [5.74, 6) is 1.77. The first kappa shape index (κ1) is 19.2.